The van der Waals surface area contributed by atoms with E-state index in [1.165, 1.54) is 7.11 Å². The standard InChI is InChI=1S/C11H14O3/c1-11(8-12,14-2)7-9-5-3-4-6-10(9)13/h3-6,8,13H,7H2,1-2H3. The Bertz CT molecular complexity index is 322. The predicted octanol–water partition coefficient (Wildman–Crippen LogP) is 1.54. The number of methoxy groups -OCH3 is 1. The third kappa shape index (κ3) is 2.33. The summed E-state index contributed by atoms with van der Waals surface area (Å²) in [5.74, 6) is 0.192. The summed E-state index contributed by atoms with van der Waals surface area (Å²) in [6, 6.07) is 6.92. The van der Waals surface area contributed by atoms with Gasteiger partial charge in [0.2, 0.25) is 0 Å². The number of hydrogen-bond donors (Lipinski definition) is 1. The molecule has 1 aromatic rings. The molecule has 0 aromatic heterocycles. The fourth-order valence-corrected chi connectivity index (χ4v) is 1.20. The normalized spacial score (nSPS) is 14.7. The number of carbonyl (C=O) groups excluding carboxylic acids is 1. The molecule has 0 radical (unpaired) electrons. The molecule has 0 aliphatic heterocycles. The van der Waals surface area contributed by atoms with Crippen molar-refractivity contribution < 1.29 is 14.6 Å². The molecule has 3 heteroatoms. The number of aromatic hydroxyl groups is 1. The molecular formula is C11H14O3. The highest BCUT2D eigenvalue weighted by Crippen LogP contribution is 2.22. The first-order chi connectivity index (χ1) is 6.61. The molecule has 14 heavy (non-hydrogen) atoms. The van der Waals surface area contributed by atoms with E-state index in [0.29, 0.717) is 12.0 Å². The van der Waals surface area contributed by atoms with Gasteiger partial charge in [0.1, 0.15) is 11.4 Å². The van der Waals surface area contributed by atoms with Gasteiger partial charge in [0.25, 0.3) is 0 Å². The van der Waals surface area contributed by atoms with Crippen LogP contribution in [0.5, 0.6) is 5.75 Å². The number of aldehydes is 1. The largest absolute Gasteiger partial charge is 0.508 e. The van der Waals surface area contributed by atoms with Gasteiger partial charge in [0.15, 0.2) is 6.29 Å². The van der Waals surface area contributed by atoms with Gasteiger partial charge in [0, 0.05) is 13.5 Å². The van der Waals surface area contributed by atoms with Gasteiger partial charge in [-0.25, -0.2) is 0 Å². The molecule has 0 saturated carbocycles. The van der Waals surface area contributed by atoms with Crippen LogP contribution in [0.4, 0.5) is 0 Å². The molecule has 0 fully saturated rings. The zero-order chi connectivity index (χ0) is 10.6. The van der Waals surface area contributed by atoms with Gasteiger partial charge in [-0.2, -0.15) is 0 Å². The highest BCUT2D eigenvalue weighted by Gasteiger charge is 2.24. The van der Waals surface area contributed by atoms with Crippen molar-refractivity contribution >= 4 is 6.29 Å². The van der Waals surface area contributed by atoms with Crippen molar-refractivity contribution in [2.75, 3.05) is 7.11 Å². The maximum atomic E-state index is 10.8. The van der Waals surface area contributed by atoms with E-state index in [4.69, 9.17) is 4.74 Å². The minimum atomic E-state index is -0.862. The summed E-state index contributed by atoms with van der Waals surface area (Å²) in [5.41, 5.74) is -0.150. The molecule has 0 bridgehead atoms. The van der Waals surface area contributed by atoms with Gasteiger partial charge in [0.05, 0.1) is 0 Å². The fourth-order valence-electron chi connectivity index (χ4n) is 1.20. The third-order valence-corrected chi connectivity index (χ3v) is 2.25. The molecule has 1 rings (SSSR count). The number of hydrogen-bond acceptors (Lipinski definition) is 3. The molecule has 1 N–H and O–H groups in total. The monoisotopic (exact) mass is 194 g/mol. The molecule has 1 unspecified atom stereocenters. The van der Waals surface area contributed by atoms with E-state index in [2.05, 4.69) is 0 Å². The van der Waals surface area contributed by atoms with E-state index in [1.54, 1.807) is 25.1 Å². The van der Waals surface area contributed by atoms with Crippen molar-refractivity contribution in [2.45, 2.75) is 18.9 Å². The highest BCUT2D eigenvalue weighted by molar-refractivity contribution is 5.63. The molecular weight excluding hydrogens is 180 g/mol. The number of phenols is 1. The minimum absolute atomic E-state index is 0.192. The van der Waals surface area contributed by atoms with Crippen molar-refractivity contribution in [3.8, 4) is 5.75 Å². The Kier molecular flexibility index (Phi) is 3.25. The second-order valence-electron chi connectivity index (χ2n) is 3.44. The molecule has 0 aliphatic carbocycles. The van der Waals surface area contributed by atoms with Gasteiger partial charge in [-0.3, -0.25) is 0 Å². The Morgan fingerprint density at radius 2 is 2.14 bits per heavy atom. The molecule has 1 aromatic carbocycles. The van der Waals surface area contributed by atoms with Crippen molar-refractivity contribution in [3.05, 3.63) is 29.8 Å². The molecule has 1 atom stereocenters. The van der Waals surface area contributed by atoms with Crippen LogP contribution in [0.1, 0.15) is 12.5 Å². The lowest BCUT2D eigenvalue weighted by molar-refractivity contribution is -0.125. The van der Waals surface area contributed by atoms with E-state index < -0.39 is 5.60 Å². The van der Waals surface area contributed by atoms with E-state index in [0.717, 1.165) is 6.29 Å². The summed E-state index contributed by atoms with van der Waals surface area (Å²) >= 11 is 0. The summed E-state index contributed by atoms with van der Waals surface area (Å²) in [6.45, 7) is 1.69. The van der Waals surface area contributed by atoms with E-state index in [-0.39, 0.29) is 5.75 Å². The first-order valence-corrected chi connectivity index (χ1v) is 4.39. The second-order valence-corrected chi connectivity index (χ2v) is 3.44. The number of para-hydroxylation sites is 1. The van der Waals surface area contributed by atoms with Gasteiger partial charge in [-0.1, -0.05) is 18.2 Å². The summed E-state index contributed by atoms with van der Waals surface area (Å²) < 4.78 is 5.07. The Hall–Kier alpha value is -1.35. The number of benzene rings is 1. The maximum Gasteiger partial charge on any atom is 0.151 e. The first-order valence-electron chi connectivity index (χ1n) is 4.39. The highest BCUT2D eigenvalue weighted by atomic mass is 16.5. The van der Waals surface area contributed by atoms with E-state index >= 15 is 0 Å². The SMILES string of the molecule is COC(C)(C=O)Cc1ccccc1O. The Balaban J connectivity index is 2.87. The lowest BCUT2D eigenvalue weighted by atomic mass is 9.97. The molecule has 0 spiro atoms. The van der Waals surface area contributed by atoms with Crippen LogP contribution < -0.4 is 0 Å². The third-order valence-electron chi connectivity index (χ3n) is 2.25. The Labute approximate surface area is 83.3 Å². The summed E-state index contributed by atoms with van der Waals surface area (Å²) in [5, 5.41) is 9.49. The van der Waals surface area contributed by atoms with E-state index in [9.17, 15) is 9.90 Å². The molecule has 0 saturated heterocycles. The second kappa shape index (κ2) is 4.24. The van der Waals surface area contributed by atoms with Crippen LogP contribution in [0, 0.1) is 0 Å². The lowest BCUT2D eigenvalue weighted by Gasteiger charge is -2.21. The lowest BCUT2D eigenvalue weighted by Crippen LogP contribution is -2.31. The van der Waals surface area contributed by atoms with Gasteiger partial charge >= 0.3 is 0 Å². The summed E-state index contributed by atoms with van der Waals surface area (Å²) in [4.78, 5) is 10.8. The first kappa shape index (κ1) is 10.7. The quantitative estimate of drug-likeness (QED) is 0.739. The van der Waals surface area contributed by atoms with Gasteiger partial charge in [-0.05, 0) is 18.6 Å². The van der Waals surface area contributed by atoms with E-state index in [1.807, 2.05) is 6.07 Å². The number of carbonyl (C=O) groups is 1. The Morgan fingerprint density at radius 3 is 2.64 bits per heavy atom. The van der Waals surface area contributed by atoms with Crippen LogP contribution in [-0.2, 0) is 16.0 Å². The van der Waals surface area contributed by atoms with Crippen molar-refractivity contribution in [3.63, 3.8) is 0 Å². The zero-order valence-electron chi connectivity index (χ0n) is 8.36. The van der Waals surface area contributed by atoms with Crippen molar-refractivity contribution in [1.82, 2.24) is 0 Å². The van der Waals surface area contributed by atoms with Crippen LogP contribution in [0.15, 0.2) is 24.3 Å². The fraction of sp³-hybridized carbons (Fsp3) is 0.364. The molecule has 3 nitrogen and oxygen atoms in total. The Morgan fingerprint density at radius 1 is 1.50 bits per heavy atom. The van der Waals surface area contributed by atoms with Crippen LogP contribution in [0.3, 0.4) is 0 Å². The number of ether oxygens (including phenoxy) is 1. The average Bonchev–Trinajstić information content (AvgIpc) is 2.21. The number of rotatable bonds is 4. The average molecular weight is 194 g/mol. The smallest absolute Gasteiger partial charge is 0.151 e. The van der Waals surface area contributed by atoms with Crippen LogP contribution >= 0.6 is 0 Å². The maximum absolute atomic E-state index is 10.8. The molecule has 76 valence electrons. The molecule has 0 aliphatic rings. The van der Waals surface area contributed by atoms with Crippen LogP contribution in [0.25, 0.3) is 0 Å². The number of phenolic OH excluding ortho intramolecular Hbond substituents is 1. The minimum Gasteiger partial charge on any atom is -0.508 e. The van der Waals surface area contributed by atoms with Gasteiger partial charge in [-0.15, -0.1) is 0 Å². The van der Waals surface area contributed by atoms with Crippen LogP contribution in [0.2, 0.25) is 0 Å². The molecule has 0 heterocycles. The van der Waals surface area contributed by atoms with Crippen molar-refractivity contribution in [2.24, 2.45) is 0 Å². The van der Waals surface area contributed by atoms with Gasteiger partial charge < -0.3 is 14.6 Å². The predicted molar refractivity (Wildman–Crippen MR) is 53.3 cm³/mol. The summed E-state index contributed by atoms with van der Waals surface area (Å²) in [7, 11) is 1.48. The topological polar surface area (TPSA) is 46.5 Å². The zero-order valence-corrected chi connectivity index (χ0v) is 8.36. The van der Waals surface area contributed by atoms with Crippen molar-refractivity contribution in [1.29, 1.82) is 0 Å². The summed E-state index contributed by atoms with van der Waals surface area (Å²) in [6.07, 6.45) is 1.12. The van der Waals surface area contributed by atoms with Crippen LogP contribution in [-0.4, -0.2) is 24.1 Å². The molecule has 0 amide bonds.